The highest BCUT2D eigenvalue weighted by Gasteiger charge is 2.22. The fraction of sp³-hybridized carbons (Fsp3) is 0.222. The summed E-state index contributed by atoms with van der Waals surface area (Å²) in [4.78, 5) is 12.2. The Morgan fingerprint density at radius 3 is 2.44 bits per heavy atom. The molecule has 1 amide bonds. The molecule has 27 heavy (non-hydrogen) atoms. The zero-order chi connectivity index (χ0) is 19.6. The molecule has 0 radical (unpaired) electrons. The van der Waals surface area contributed by atoms with Crippen LogP contribution in [-0.2, 0) is 21.4 Å². The van der Waals surface area contributed by atoms with E-state index in [0.717, 1.165) is 5.71 Å². The van der Waals surface area contributed by atoms with Crippen molar-refractivity contribution in [2.24, 2.45) is 5.10 Å². The highest BCUT2D eigenvalue weighted by atomic mass is 35.5. The SMILES string of the molecule is CC1=NN(Cc2ccc(Cl)cc2NS(=O)(=O)c2ccc(Cl)cc2)C(=O)CC1. The van der Waals surface area contributed by atoms with Gasteiger partial charge >= 0.3 is 0 Å². The van der Waals surface area contributed by atoms with Crippen molar-refractivity contribution in [3.8, 4) is 0 Å². The molecule has 1 aliphatic heterocycles. The van der Waals surface area contributed by atoms with Gasteiger partial charge in [0, 0.05) is 22.2 Å². The molecule has 0 fully saturated rings. The summed E-state index contributed by atoms with van der Waals surface area (Å²) in [6.45, 7) is 2.00. The monoisotopic (exact) mass is 425 g/mol. The summed E-state index contributed by atoms with van der Waals surface area (Å²) in [5.41, 5.74) is 1.74. The first-order valence-corrected chi connectivity index (χ1v) is 10.4. The van der Waals surface area contributed by atoms with Gasteiger partial charge in [0.05, 0.1) is 17.1 Å². The number of amides is 1. The van der Waals surface area contributed by atoms with Gasteiger partial charge in [-0.05, 0) is 55.3 Å². The van der Waals surface area contributed by atoms with Gasteiger partial charge in [0.15, 0.2) is 0 Å². The molecular formula is C18H17Cl2N3O3S. The second kappa shape index (κ2) is 7.88. The van der Waals surface area contributed by atoms with Gasteiger partial charge in [-0.2, -0.15) is 5.10 Å². The van der Waals surface area contributed by atoms with Crippen molar-refractivity contribution < 1.29 is 13.2 Å². The van der Waals surface area contributed by atoms with Crippen LogP contribution in [0.25, 0.3) is 0 Å². The Hall–Kier alpha value is -2.09. The third kappa shape index (κ3) is 4.80. The van der Waals surface area contributed by atoms with Crippen LogP contribution < -0.4 is 4.72 Å². The normalized spacial score (nSPS) is 14.9. The van der Waals surface area contributed by atoms with E-state index in [4.69, 9.17) is 23.2 Å². The molecule has 142 valence electrons. The molecule has 2 aromatic rings. The van der Waals surface area contributed by atoms with Crippen molar-refractivity contribution in [2.75, 3.05) is 4.72 Å². The maximum Gasteiger partial charge on any atom is 0.261 e. The number of sulfonamides is 1. The third-order valence-corrected chi connectivity index (χ3v) is 5.91. The summed E-state index contributed by atoms with van der Waals surface area (Å²) in [5.74, 6) is -0.109. The molecule has 0 saturated carbocycles. The number of nitrogens with one attached hydrogen (secondary N) is 1. The number of anilines is 1. The van der Waals surface area contributed by atoms with E-state index in [1.165, 1.54) is 35.3 Å². The lowest BCUT2D eigenvalue weighted by Crippen LogP contribution is -2.30. The molecule has 0 bridgehead atoms. The minimum absolute atomic E-state index is 0.0701. The Bertz CT molecular complexity index is 1010. The molecule has 3 rings (SSSR count). The largest absolute Gasteiger partial charge is 0.279 e. The van der Waals surface area contributed by atoms with Crippen LogP contribution in [0.15, 0.2) is 52.5 Å². The Labute approximate surface area is 167 Å². The topological polar surface area (TPSA) is 78.8 Å². The van der Waals surface area contributed by atoms with E-state index >= 15 is 0 Å². The summed E-state index contributed by atoms with van der Waals surface area (Å²) >= 11 is 11.9. The van der Waals surface area contributed by atoms with E-state index in [0.29, 0.717) is 34.1 Å². The van der Waals surface area contributed by atoms with Gasteiger partial charge in [-0.25, -0.2) is 13.4 Å². The fourth-order valence-electron chi connectivity index (χ4n) is 2.61. The average molecular weight is 426 g/mol. The van der Waals surface area contributed by atoms with Crippen LogP contribution in [-0.4, -0.2) is 25.0 Å². The van der Waals surface area contributed by atoms with Crippen molar-refractivity contribution in [2.45, 2.75) is 31.2 Å². The number of hydrogen-bond donors (Lipinski definition) is 1. The number of hydrogen-bond acceptors (Lipinski definition) is 4. The molecule has 6 nitrogen and oxygen atoms in total. The molecule has 0 atom stereocenters. The molecule has 1 heterocycles. The molecule has 0 aliphatic carbocycles. The maximum atomic E-state index is 12.7. The van der Waals surface area contributed by atoms with Crippen LogP contribution in [0.5, 0.6) is 0 Å². The van der Waals surface area contributed by atoms with Gasteiger partial charge in [-0.3, -0.25) is 9.52 Å². The number of benzene rings is 2. The quantitative estimate of drug-likeness (QED) is 0.775. The van der Waals surface area contributed by atoms with E-state index in [2.05, 4.69) is 9.82 Å². The zero-order valence-electron chi connectivity index (χ0n) is 14.4. The van der Waals surface area contributed by atoms with Gasteiger partial charge in [0.1, 0.15) is 0 Å². The summed E-state index contributed by atoms with van der Waals surface area (Å²) in [6.07, 6.45) is 1.01. The van der Waals surface area contributed by atoms with Crippen LogP contribution in [0.2, 0.25) is 10.0 Å². The second-order valence-corrected chi connectivity index (χ2v) is 8.70. The number of halogens is 2. The van der Waals surface area contributed by atoms with E-state index in [1.807, 2.05) is 6.92 Å². The van der Waals surface area contributed by atoms with Crippen LogP contribution >= 0.6 is 23.2 Å². The number of carbonyl (C=O) groups is 1. The molecular weight excluding hydrogens is 409 g/mol. The molecule has 0 aromatic heterocycles. The van der Waals surface area contributed by atoms with Crippen molar-refractivity contribution in [1.82, 2.24) is 5.01 Å². The van der Waals surface area contributed by atoms with E-state index in [1.54, 1.807) is 12.1 Å². The first kappa shape index (κ1) is 19.7. The number of hydrazone groups is 1. The second-order valence-electron chi connectivity index (χ2n) is 6.15. The smallest absolute Gasteiger partial charge is 0.261 e. The first-order chi connectivity index (χ1) is 12.7. The number of nitrogens with zero attached hydrogens (tertiary/aromatic N) is 2. The number of rotatable bonds is 5. The molecule has 1 N–H and O–H groups in total. The van der Waals surface area contributed by atoms with Gasteiger partial charge < -0.3 is 0 Å². The molecule has 9 heteroatoms. The minimum atomic E-state index is -3.84. The van der Waals surface area contributed by atoms with Gasteiger partial charge in [0.25, 0.3) is 10.0 Å². The van der Waals surface area contributed by atoms with Crippen molar-refractivity contribution in [3.05, 3.63) is 58.1 Å². The van der Waals surface area contributed by atoms with Crippen molar-refractivity contribution in [1.29, 1.82) is 0 Å². The summed E-state index contributed by atoms with van der Waals surface area (Å²) < 4.78 is 27.9. The number of carbonyl (C=O) groups excluding carboxylic acids is 1. The Kier molecular flexibility index (Phi) is 5.74. The Balaban J connectivity index is 1.91. The standard InChI is InChI=1S/C18H17Cl2N3O3S/c1-12-2-9-18(24)23(21-12)11-13-3-4-15(20)10-17(13)22-27(25,26)16-7-5-14(19)6-8-16/h3-8,10,22H,2,9,11H2,1H3. The Morgan fingerprint density at radius 1 is 1.07 bits per heavy atom. The lowest BCUT2D eigenvalue weighted by molar-refractivity contribution is -0.132. The summed E-state index contributed by atoms with van der Waals surface area (Å²) in [7, 11) is -3.84. The van der Waals surface area contributed by atoms with E-state index in [9.17, 15) is 13.2 Å². The maximum absolute atomic E-state index is 12.7. The molecule has 0 saturated heterocycles. The molecule has 0 unspecified atom stereocenters. The lowest BCUT2D eigenvalue weighted by atomic mass is 10.1. The highest BCUT2D eigenvalue weighted by Crippen LogP contribution is 2.27. The Morgan fingerprint density at radius 2 is 1.74 bits per heavy atom. The van der Waals surface area contributed by atoms with Crippen molar-refractivity contribution >= 4 is 50.5 Å². The molecule has 2 aromatic carbocycles. The van der Waals surface area contributed by atoms with E-state index in [-0.39, 0.29) is 17.3 Å². The van der Waals surface area contributed by atoms with Gasteiger partial charge in [-0.1, -0.05) is 29.3 Å². The fourth-order valence-corrected chi connectivity index (χ4v) is 4.00. The summed E-state index contributed by atoms with van der Waals surface area (Å²) in [6, 6.07) is 10.7. The van der Waals surface area contributed by atoms with Gasteiger partial charge in [-0.15, -0.1) is 0 Å². The summed E-state index contributed by atoms with van der Waals surface area (Å²) in [5, 5.41) is 6.42. The van der Waals surface area contributed by atoms with Crippen molar-refractivity contribution in [3.63, 3.8) is 0 Å². The zero-order valence-corrected chi connectivity index (χ0v) is 16.8. The predicted octanol–water partition coefficient (Wildman–Crippen LogP) is 4.29. The lowest BCUT2D eigenvalue weighted by Gasteiger charge is -2.23. The van der Waals surface area contributed by atoms with Crippen LogP contribution in [0, 0.1) is 0 Å². The third-order valence-electron chi connectivity index (χ3n) is 4.04. The highest BCUT2D eigenvalue weighted by molar-refractivity contribution is 7.92. The minimum Gasteiger partial charge on any atom is -0.279 e. The average Bonchev–Trinajstić information content (AvgIpc) is 2.60. The van der Waals surface area contributed by atoms with Crippen LogP contribution in [0.3, 0.4) is 0 Å². The van der Waals surface area contributed by atoms with Crippen LogP contribution in [0.4, 0.5) is 5.69 Å². The van der Waals surface area contributed by atoms with Gasteiger partial charge in [0.2, 0.25) is 5.91 Å². The predicted molar refractivity (Wildman–Crippen MR) is 107 cm³/mol. The van der Waals surface area contributed by atoms with Crippen LogP contribution in [0.1, 0.15) is 25.3 Å². The molecule has 0 spiro atoms. The van der Waals surface area contributed by atoms with E-state index < -0.39 is 10.0 Å². The molecule has 1 aliphatic rings. The first-order valence-electron chi connectivity index (χ1n) is 8.16.